The quantitative estimate of drug-likeness (QED) is 0.119. The number of rotatable bonds is 13. The molecule has 3 fully saturated rings. The second-order valence-electron chi connectivity index (χ2n) is 11.1. The molecule has 8 heteroatoms. The van der Waals surface area contributed by atoms with Gasteiger partial charge in [-0.3, -0.25) is 0 Å². The zero-order chi connectivity index (χ0) is 27.9. The molecule has 0 amide bonds. The zero-order valence-electron chi connectivity index (χ0n) is 22.7. The van der Waals surface area contributed by atoms with E-state index in [0.717, 1.165) is 19.3 Å². The summed E-state index contributed by atoms with van der Waals surface area (Å²) in [5, 5.41) is 0. The Kier molecular flexibility index (Phi) is 9.03. The Labute approximate surface area is 229 Å². The van der Waals surface area contributed by atoms with Gasteiger partial charge in [0.15, 0.2) is 0 Å². The van der Waals surface area contributed by atoms with Gasteiger partial charge in [-0.1, -0.05) is 38.3 Å². The van der Waals surface area contributed by atoms with E-state index in [1.807, 2.05) is 0 Å². The predicted octanol–water partition coefficient (Wildman–Crippen LogP) is 7.38. The van der Waals surface area contributed by atoms with Crippen molar-refractivity contribution >= 4 is 23.4 Å². The molecule has 0 aromatic heterocycles. The first-order valence-corrected chi connectivity index (χ1v) is 14.0. The minimum absolute atomic E-state index is 0.0382. The van der Waals surface area contributed by atoms with Crippen LogP contribution in [0, 0.1) is 10.8 Å². The van der Waals surface area contributed by atoms with Gasteiger partial charge in [-0.2, -0.15) is 8.78 Å². The van der Waals surface area contributed by atoms with Crippen molar-refractivity contribution in [1.29, 1.82) is 0 Å². The molecule has 0 unspecified atom stereocenters. The van der Waals surface area contributed by atoms with Gasteiger partial charge in [0.1, 0.15) is 24.7 Å². The van der Waals surface area contributed by atoms with E-state index in [1.165, 1.54) is 43.9 Å². The van der Waals surface area contributed by atoms with E-state index in [2.05, 4.69) is 6.92 Å². The van der Waals surface area contributed by atoms with Crippen molar-refractivity contribution in [2.45, 2.75) is 77.2 Å². The molecule has 2 aromatic rings. The summed E-state index contributed by atoms with van der Waals surface area (Å²) in [6.45, 7) is 2.37. The number of hydrogen-bond donors (Lipinski definition) is 2. The first-order chi connectivity index (χ1) is 18.7. The Morgan fingerprint density at radius 2 is 1.67 bits per heavy atom. The summed E-state index contributed by atoms with van der Waals surface area (Å²) >= 11 is 0. The lowest BCUT2D eigenvalue weighted by molar-refractivity contribution is -0.289. The maximum absolute atomic E-state index is 15.4. The molecule has 2 bridgehead atoms. The fraction of sp³-hybridized carbons (Fsp3) is 0.516. The summed E-state index contributed by atoms with van der Waals surface area (Å²) in [7, 11) is 0. The van der Waals surface area contributed by atoms with Crippen molar-refractivity contribution in [2.24, 2.45) is 10.8 Å². The van der Waals surface area contributed by atoms with Crippen molar-refractivity contribution in [3.8, 4) is 11.5 Å². The largest absolute Gasteiger partial charge is 0.488 e. The summed E-state index contributed by atoms with van der Waals surface area (Å²) in [4.78, 5) is 12.0. The van der Waals surface area contributed by atoms with Crippen LogP contribution in [0.4, 0.5) is 20.2 Å². The molecule has 4 N–H and O–H groups in total. The number of anilines is 2. The first kappa shape index (κ1) is 28.7. The van der Waals surface area contributed by atoms with Gasteiger partial charge in [0, 0.05) is 11.8 Å². The highest BCUT2D eigenvalue weighted by molar-refractivity contribution is 5.87. The van der Waals surface area contributed by atoms with Crippen LogP contribution in [0.15, 0.2) is 48.5 Å². The van der Waals surface area contributed by atoms with Gasteiger partial charge in [-0.25, -0.2) is 4.79 Å². The monoisotopic (exact) mass is 542 g/mol. The second kappa shape index (κ2) is 12.3. The molecule has 0 atom stereocenters. The molecule has 5 rings (SSSR count). The van der Waals surface area contributed by atoms with Crippen molar-refractivity contribution < 1.29 is 27.8 Å². The number of alkyl halides is 2. The maximum atomic E-state index is 15.4. The number of nitrogens with two attached hydrogens (primary N) is 2. The van der Waals surface area contributed by atoms with Crippen LogP contribution in [-0.4, -0.2) is 25.3 Å². The third-order valence-electron chi connectivity index (χ3n) is 8.49. The van der Waals surface area contributed by atoms with Gasteiger partial charge in [-0.15, -0.1) is 0 Å². The molecular weight excluding hydrogens is 502 g/mol. The fourth-order valence-electron chi connectivity index (χ4n) is 5.93. The predicted molar refractivity (Wildman–Crippen MR) is 149 cm³/mol. The van der Waals surface area contributed by atoms with Crippen LogP contribution in [0.25, 0.3) is 6.08 Å². The molecule has 0 spiro atoms. The van der Waals surface area contributed by atoms with Gasteiger partial charge in [-0.05, 0) is 92.3 Å². The van der Waals surface area contributed by atoms with Crippen LogP contribution >= 0.6 is 0 Å². The van der Waals surface area contributed by atoms with Gasteiger partial charge in [0.05, 0.1) is 11.1 Å². The smallest absolute Gasteiger partial charge is 0.403 e. The second-order valence-corrected chi connectivity index (χ2v) is 11.1. The highest BCUT2D eigenvalue weighted by Gasteiger charge is 2.62. The summed E-state index contributed by atoms with van der Waals surface area (Å²) in [6.07, 6.45) is 8.56. The van der Waals surface area contributed by atoms with Gasteiger partial charge in [0.25, 0.3) is 0 Å². The summed E-state index contributed by atoms with van der Waals surface area (Å²) in [5.74, 6) is 0.0412. The van der Waals surface area contributed by atoms with E-state index >= 15 is 8.78 Å². The lowest BCUT2D eigenvalue weighted by atomic mass is 9.52. The van der Waals surface area contributed by atoms with Crippen LogP contribution in [0.5, 0.6) is 11.5 Å². The number of carbonyl (C=O) groups is 1. The Morgan fingerprint density at radius 3 is 2.31 bits per heavy atom. The van der Waals surface area contributed by atoms with E-state index in [0.29, 0.717) is 42.0 Å². The Balaban J connectivity index is 1.23. The number of benzene rings is 2. The third kappa shape index (κ3) is 7.02. The highest BCUT2D eigenvalue weighted by atomic mass is 19.3. The number of fused-ring (bicyclic) bond motifs is 3. The van der Waals surface area contributed by atoms with E-state index in [1.54, 1.807) is 36.4 Å². The number of halogens is 2. The van der Waals surface area contributed by atoms with E-state index < -0.39 is 17.5 Å². The molecule has 3 saturated carbocycles. The average Bonchev–Trinajstić information content (AvgIpc) is 2.92. The molecule has 6 nitrogen and oxygen atoms in total. The summed E-state index contributed by atoms with van der Waals surface area (Å²) in [5.41, 5.74) is 12.3. The van der Waals surface area contributed by atoms with Crippen LogP contribution in [-0.2, 0) is 9.53 Å². The molecule has 212 valence electrons. The first-order valence-electron chi connectivity index (χ1n) is 14.0. The van der Waals surface area contributed by atoms with Gasteiger partial charge >= 0.3 is 12.1 Å². The zero-order valence-corrected chi connectivity index (χ0v) is 22.7. The lowest BCUT2D eigenvalue weighted by Gasteiger charge is -2.55. The topological polar surface area (TPSA) is 96.8 Å². The number of ether oxygens (including phenoxy) is 3. The van der Waals surface area contributed by atoms with E-state index in [9.17, 15) is 4.79 Å². The molecule has 0 heterocycles. The van der Waals surface area contributed by atoms with Crippen molar-refractivity contribution in [2.75, 3.05) is 24.7 Å². The Hall–Kier alpha value is -3.29. The lowest BCUT2D eigenvalue weighted by Crippen LogP contribution is -2.53. The number of esters is 1. The minimum Gasteiger partial charge on any atom is -0.488 e. The molecule has 0 saturated heterocycles. The molecular formula is C31H40F2N2O4. The molecule has 3 aliphatic carbocycles. The van der Waals surface area contributed by atoms with Crippen LogP contribution in [0.3, 0.4) is 0 Å². The number of unbranched alkanes of at least 4 members (excludes halogenated alkanes) is 2. The van der Waals surface area contributed by atoms with Crippen molar-refractivity contribution in [3.63, 3.8) is 0 Å². The molecule has 0 aliphatic heterocycles. The maximum Gasteiger partial charge on any atom is 0.403 e. The number of carbonyl (C=O) groups excluding carboxylic acids is 1. The summed E-state index contributed by atoms with van der Waals surface area (Å²) in [6, 6.07) is 11.2. The highest BCUT2D eigenvalue weighted by Crippen LogP contribution is 2.63. The summed E-state index contributed by atoms with van der Waals surface area (Å²) < 4.78 is 46.8. The van der Waals surface area contributed by atoms with E-state index in [-0.39, 0.29) is 24.4 Å². The van der Waals surface area contributed by atoms with E-state index in [4.69, 9.17) is 25.7 Å². The minimum atomic E-state index is -3.22. The van der Waals surface area contributed by atoms with Gasteiger partial charge in [0.2, 0.25) is 0 Å². The van der Waals surface area contributed by atoms with Crippen molar-refractivity contribution in [3.05, 3.63) is 54.1 Å². The molecule has 39 heavy (non-hydrogen) atoms. The molecule has 2 aromatic carbocycles. The standard InChI is InChI=1S/C31H40F2N2O4/c1-2-3-4-13-29-14-17-30(18-15-29,19-16-29)31(32,33)39-25-9-5-23(6-10-25)7-12-28(36)38-21-20-37-27-11-8-24(34)22-26(27)35/h5-12,22H,2-4,13-21,34-35H2,1H3/b12-7+. The normalized spacial score (nSPS) is 22.6. The van der Waals surface area contributed by atoms with Crippen LogP contribution < -0.4 is 20.9 Å². The van der Waals surface area contributed by atoms with Gasteiger partial charge < -0.3 is 25.7 Å². The van der Waals surface area contributed by atoms with Crippen LogP contribution in [0.2, 0.25) is 0 Å². The fourth-order valence-corrected chi connectivity index (χ4v) is 5.93. The third-order valence-corrected chi connectivity index (χ3v) is 8.49. The number of nitrogen functional groups attached to an aromatic ring is 2. The van der Waals surface area contributed by atoms with Crippen molar-refractivity contribution in [1.82, 2.24) is 0 Å². The average molecular weight is 543 g/mol. The van der Waals surface area contributed by atoms with Crippen LogP contribution in [0.1, 0.15) is 76.7 Å². The SMILES string of the molecule is CCCCCC12CCC(C(F)(F)Oc3ccc(/C=C/C(=O)OCCOc4ccc(N)cc4N)cc3)(CC1)CC2. The Morgan fingerprint density at radius 1 is 0.974 bits per heavy atom. The number of hydrogen-bond acceptors (Lipinski definition) is 6. The molecule has 3 aliphatic rings. The Bertz CT molecular complexity index is 1130. The molecule has 0 radical (unpaired) electrons.